The normalized spacial score (nSPS) is 16.8. The Bertz CT molecular complexity index is 253. The minimum Gasteiger partial charge on any atom is -0.372 e. The van der Waals surface area contributed by atoms with E-state index in [9.17, 15) is 4.79 Å². The number of carbonyl (C=O) groups is 1. The van der Waals surface area contributed by atoms with Gasteiger partial charge in [0.05, 0.1) is 0 Å². The number of rotatable bonds is 4. The van der Waals surface area contributed by atoms with E-state index in [0.29, 0.717) is 18.2 Å². The molecule has 16 heavy (non-hydrogen) atoms. The molecular weight excluding hydrogens is 200 g/mol. The highest BCUT2D eigenvalue weighted by Gasteiger charge is 2.20. The summed E-state index contributed by atoms with van der Waals surface area (Å²) in [6, 6.07) is 0. The molecule has 0 aromatic carbocycles. The summed E-state index contributed by atoms with van der Waals surface area (Å²) in [7, 11) is 0. The number of allylic oxidation sites excluding steroid dienone is 1. The van der Waals surface area contributed by atoms with E-state index in [2.05, 4.69) is 25.3 Å². The van der Waals surface area contributed by atoms with Crippen LogP contribution in [-0.2, 0) is 4.79 Å². The summed E-state index contributed by atoms with van der Waals surface area (Å²) in [5.74, 6) is 0.927. The first-order valence-electron chi connectivity index (χ1n) is 6.19. The van der Waals surface area contributed by atoms with Gasteiger partial charge < -0.3 is 9.80 Å². The van der Waals surface area contributed by atoms with Crippen LogP contribution in [-0.4, -0.2) is 41.9 Å². The van der Waals surface area contributed by atoms with Crippen LogP contribution in [0.5, 0.6) is 0 Å². The Morgan fingerprint density at radius 3 is 2.12 bits per heavy atom. The molecule has 1 rings (SSSR count). The quantitative estimate of drug-likeness (QED) is 0.730. The third-order valence-corrected chi connectivity index (χ3v) is 3.11. The van der Waals surface area contributed by atoms with Crippen molar-refractivity contribution in [3.8, 4) is 0 Å². The fourth-order valence-electron chi connectivity index (χ4n) is 1.91. The molecule has 1 aliphatic rings. The van der Waals surface area contributed by atoms with Gasteiger partial charge in [0.25, 0.3) is 0 Å². The van der Waals surface area contributed by atoms with Gasteiger partial charge in [-0.3, -0.25) is 4.79 Å². The Hall–Kier alpha value is -0.990. The van der Waals surface area contributed by atoms with Gasteiger partial charge in [0.1, 0.15) is 0 Å². The molecule has 0 atom stereocenters. The zero-order valence-electron chi connectivity index (χ0n) is 10.8. The van der Waals surface area contributed by atoms with E-state index in [1.807, 2.05) is 11.8 Å². The number of hydrogen-bond donors (Lipinski definition) is 0. The number of amides is 1. The van der Waals surface area contributed by atoms with Gasteiger partial charge in [0, 0.05) is 38.3 Å². The average molecular weight is 224 g/mol. The maximum absolute atomic E-state index is 11.9. The Labute approximate surface area is 99.1 Å². The number of hydrogen-bond acceptors (Lipinski definition) is 2. The van der Waals surface area contributed by atoms with E-state index < -0.39 is 0 Å². The largest absolute Gasteiger partial charge is 0.372 e. The van der Waals surface area contributed by atoms with Crippen molar-refractivity contribution < 1.29 is 4.79 Å². The lowest BCUT2D eigenvalue weighted by atomic mass is 10.1. The molecule has 1 fully saturated rings. The molecule has 3 nitrogen and oxygen atoms in total. The predicted molar refractivity (Wildman–Crippen MR) is 67.0 cm³/mol. The molecular formula is C13H24N2O. The molecule has 92 valence electrons. The first kappa shape index (κ1) is 13.1. The minimum absolute atomic E-state index is 0.315. The smallest absolute Gasteiger partial charge is 0.222 e. The second-order valence-electron chi connectivity index (χ2n) is 5.04. The minimum atomic E-state index is 0.315. The molecule has 0 aromatic heterocycles. The van der Waals surface area contributed by atoms with Gasteiger partial charge in [-0.15, -0.1) is 0 Å². The molecule has 3 heteroatoms. The number of carbonyl (C=O) groups excluding carboxylic acids is 1. The Morgan fingerprint density at radius 2 is 1.69 bits per heavy atom. The fourth-order valence-corrected chi connectivity index (χ4v) is 1.91. The molecule has 0 bridgehead atoms. The van der Waals surface area contributed by atoms with Gasteiger partial charge in [-0.1, -0.05) is 20.4 Å². The van der Waals surface area contributed by atoms with Crippen molar-refractivity contribution in [1.82, 2.24) is 9.80 Å². The average Bonchev–Trinajstić information content (AvgIpc) is 2.26. The monoisotopic (exact) mass is 224 g/mol. The van der Waals surface area contributed by atoms with Crippen LogP contribution in [0.2, 0.25) is 0 Å². The van der Waals surface area contributed by atoms with Crippen LogP contribution in [0.1, 0.15) is 33.6 Å². The highest BCUT2D eigenvalue weighted by atomic mass is 16.2. The number of piperazine rings is 1. The third kappa shape index (κ3) is 3.87. The van der Waals surface area contributed by atoms with Crippen LogP contribution in [0.3, 0.4) is 0 Å². The molecule has 1 heterocycles. The highest BCUT2D eigenvalue weighted by molar-refractivity contribution is 5.76. The molecule has 0 unspecified atom stereocenters. The SMILES string of the molecule is C=C(C)N1CCN(C(=O)CCC(C)C)CC1. The van der Waals surface area contributed by atoms with Crippen molar-refractivity contribution in [3.63, 3.8) is 0 Å². The standard InChI is InChI=1S/C13H24N2O/c1-11(2)5-6-13(16)15-9-7-14(8-10-15)12(3)4/h11H,3,5-10H2,1-2,4H3. The first-order chi connectivity index (χ1) is 7.50. The van der Waals surface area contributed by atoms with Gasteiger partial charge in [-0.25, -0.2) is 0 Å². The van der Waals surface area contributed by atoms with Crippen molar-refractivity contribution in [2.24, 2.45) is 5.92 Å². The van der Waals surface area contributed by atoms with Crippen molar-refractivity contribution in [3.05, 3.63) is 12.3 Å². The van der Waals surface area contributed by atoms with E-state index in [4.69, 9.17) is 0 Å². The van der Waals surface area contributed by atoms with Crippen LogP contribution in [0, 0.1) is 5.92 Å². The Kier molecular flexibility index (Phi) is 4.84. The summed E-state index contributed by atoms with van der Waals surface area (Å²) >= 11 is 0. The first-order valence-corrected chi connectivity index (χ1v) is 6.19. The maximum atomic E-state index is 11.9. The van der Waals surface area contributed by atoms with Crippen LogP contribution in [0.4, 0.5) is 0 Å². The zero-order valence-corrected chi connectivity index (χ0v) is 10.8. The molecule has 0 aromatic rings. The molecule has 0 aliphatic carbocycles. The Balaban J connectivity index is 2.30. The maximum Gasteiger partial charge on any atom is 0.222 e. The molecule has 1 aliphatic heterocycles. The lowest BCUT2D eigenvalue weighted by Crippen LogP contribution is -2.47. The van der Waals surface area contributed by atoms with Gasteiger partial charge >= 0.3 is 0 Å². The molecule has 0 radical (unpaired) electrons. The van der Waals surface area contributed by atoms with Gasteiger partial charge in [0.2, 0.25) is 5.91 Å². The topological polar surface area (TPSA) is 23.6 Å². The van der Waals surface area contributed by atoms with Crippen molar-refractivity contribution >= 4 is 5.91 Å². The van der Waals surface area contributed by atoms with Gasteiger partial charge in [-0.05, 0) is 19.3 Å². The van der Waals surface area contributed by atoms with E-state index in [1.54, 1.807) is 0 Å². The molecule has 1 saturated heterocycles. The highest BCUT2D eigenvalue weighted by Crippen LogP contribution is 2.11. The van der Waals surface area contributed by atoms with Crippen LogP contribution >= 0.6 is 0 Å². The van der Waals surface area contributed by atoms with Gasteiger partial charge in [0.15, 0.2) is 0 Å². The van der Waals surface area contributed by atoms with Gasteiger partial charge in [-0.2, -0.15) is 0 Å². The number of nitrogens with zero attached hydrogens (tertiary/aromatic N) is 2. The van der Waals surface area contributed by atoms with Crippen LogP contribution in [0.15, 0.2) is 12.3 Å². The second kappa shape index (κ2) is 5.92. The van der Waals surface area contributed by atoms with Crippen LogP contribution < -0.4 is 0 Å². The van der Waals surface area contributed by atoms with Crippen molar-refractivity contribution in [2.75, 3.05) is 26.2 Å². The summed E-state index contributed by atoms with van der Waals surface area (Å²) in [6.45, 7) is 13.8. The van der Waals surface area contributed by atoms with E-state index in [-0.39, 0.29) is 0 Å². The van der Waals surface area contributed by atoms with E-state index in [1.165, 1.54) is 0 Å². The molecule has 0 spiro atoms. The van der Waals surface area contributed by atoms with E-state index >= 15 is 0 Å². The lowest BCUT2D eigenvalue weighted by molar-refractivity contribution is -0.133. The summed E-state index contributed by atoms with van der Waals surface area (Å²) in [6.07, 6.45) is 1.70. The predicted octanol–water partition coefficient (Wildman–Crippen LogP) is 2.10. The molecule has 0 N–H and O–H groups in total. The fraction of sp³-hybridized carbons (Fsp3) is 0.769. The summed E-state index contributed by atoms with van der Waals surface area (Å²) in [4.78, 5) is 16.1. The third-order valence-electron chi connectivity index (χ3n) is 3.11. The van der Waals surface area contributed by atoms with E-state index in [0.717, 1.165) is 38.3 Å². The van der Waals surface area contributed by atoms with Crippen molar-refractivity contribution in [1.29, 1.82) is 0 Å². The second-order valence-corrected chi connectivity index (χ2v) is 5.04. The molecule has 0 saturated carbocycles. The van der Waals surface area contributed by atoms with Crippen molar-refractivity contribution in [2.45, 2.75) is 33.6 Å². The van der Waals surface area contributed by atoms with Crippen LogP contribution in [0.25, 0.3) is 0 Å². The summed E-state index contributed by atoms with van der Waals surface area (Å²) in [5, 5.41) is 0. The Morgan fingerprint density at radius 1 is 1.19 bits per heavy atom. The zero-order chi connectivity index (χ0) is 12.1. The molecule has 1 amide bonds. The summed E-state index contributed by atoms with van der Waals surface area (Å²) in [5.41, 5.74) is 1.11. The summed E-state index contributed by atoms with van der Waals surface area (Å²) < 4.78 is 0. The lowest BCUT2D eigenvalue weighted by Gasteiger charge is -2.36.